The smallest absolute Gasteiger partial charge is 0.141 e. The second-order valence-corrected chi connectivity index (χ2v) is 10.9. The van der Waals surface area contributed by atoms with Crippen molar-refractivity contribution < 1.29 is 4.79 Å². The molecule has 1 heteroatoms. The summed E-state index contributed by atoms with van der Waals surface area (Å²) >= 11 is 0. The van der Waals surface area contributed by atoms with Crippen molar-refractivity contribution in [2.45, 2.75) is 63.2 Å². The molecule has 8 aliphatic carbocycles. The molecule has 8 aliphatic rings. The zero-order valence-electron chi connectivity index (χ0n) is 16.4. The van der Waals surface area contributed by atoms with E-state index in [4.69, 9.17) is 0 Å². The van der Waals surface area contributed by atoms with Gasteiger partial charge in [0.05, 0.1) is 0 Å². The number of fused-ring (bicyclic) bond motifs is 5. The maximum absolute atomic E-state index is 13.5. The van der Waals surface area contributed by atoms with Gasteiger partial charge in [0, 0.05) is 23.2 Å². The molecule has 2 spiro atoms. The van der Waals surface area contributed by atoms with Crippen LogP contribution >= 0.6 is 0 Å². The topological polar surface area (TPSA) is 17.1 Å². The van der Waals surface area contributed by atoms with Crippen molar-refractivity contribution in [2.24, 2.45) is 23.2 Å². The first-order valence-electron chi connectivity index (χ1n) is 11.5. The Balaban J connectivity index is 1.56. The number of hydrogen-bond donors (Lipinski definition) is 0. The molecule has 2 fully saturated rings. The normalized spacial score (nSPS) is 41.6. The van der Waals surface area contributed by atoms with Crippen LogP contribution in [0.1, 0.15) is 61.6 Å². The Morgan fingerprint density at radius 3 is 2.54 bits per heavy atom. The van der Waals surface area contributed by atoms with E-state index in [1.54, 1.807) is 5.56 Å². The number of rotatable bonds is 0. The van der Waals surface area contributed by atoms with Crippen LogP contribution in [0.25, 0.3) is 10.8 Å². The van der Waals surface area contributed by atoms with E-state index in [0.717, 1.165) is 18.3 Å². The van der Waals surface area contributed by atoms with Crippen LogP contribution in [0.3, 0.4) is 0 Å². The maximum Gasteiger partial charge on any atom is 0.141 e. The van der Waals surface area contributed by atoms with Crippen LogP contribution in [0.4, 0.5) is 0 Å². The van der Waals surface area contributed by atoms with E-state index in [2.05, 4.69) is 30.3 Å². The summed E-state index contributed by atoms with van der Waals surface area (Å²) in [4.78, 5) is 13.5. The minimum absolute atomic E-state index is 0.220. The molecule has 1 nitrogen and oxygen atoms in total. The van der Waals surface area contributed by atoms with Crippen LogP contribution in [-0.2, 0) is 23.1 Å². The van der Waals surface area contributed by atoms with Crippen molar-refractivity contribution in [1.29, 1.82) is 0 Å². The van der Waals surface area contributed by atoms with Gasteiger partial charge >= 0.3 is 0 Å². The van der Waals surface area contributed by atoms with Gasteiger partial charge < -0.3 is 0 Å². The van der Waals surface area contributed by atoms with Crippen molar-refractivity contribution in [2.75, 3.05) is 0 Å². The van der Waals surface area contributed by atoms with Crippen molar-refractivity contribution >= 4 is 16.6 Å². The molecule has 3 atom stereocenters. The second-order valence-electron chi connectivity index (χ2n) is 10.9. The summed E-state index contributed by atoms with van der Waals surface area (Å²) in [6, 6.07) is 12.2. The van der Waals surface area contributed by atoms with Gasteiger partial charge in [0.2, 0.25) is 0 Å². The predicted molar refractivity (Wildman–Crippen MR) is 110 cm³/mol. The fourth-order valence-electron chi connectivity index (χ4n) is 9.14. The van der Waals surface area contributed by atoms with Gasteiger partial charge in [-0.3, -0.25) is 4.79 Å². The van der Waals surface area contributed by atoms with Crippen LogP contribution in [0, 0.1) is 23.2 Å². The molecular formula is C27H26O. The lowest BCUT2D eigenvalue weighted by Gasteiger charge is -2.55. The third kappa shape index (κ3) is 1.45. The van der Waals surface area contributed by atoms with Crippen molar-refractivity contribution in [3.05, 3.63) is 58.2 Å². The van der Waals surface area contributed by atoms with Crippen LogP contribution in [0.15, 0.2) is 41.5 Å². The standard InChI is InChI=1S/C27H26O/c28-23-13-20-10-18-11-21-2-1-16(18)9-19(20)12-22(23)27-8-5-17(14-27)25-24(27)15-3-6-26(21,25)7-4-15/h1-2,9-11,15,17,22H,3-8,12-14H2. The Hall–Kier alpha value is -1.89. The molecule has 2 aromatic carbocycles. The predicted octanol–water partition coefficient (Wildman–Crippen LogP) is 5.68. The highest BCUT2D eigenvalue weighted by Crippen LogP contribution is 2.73. The van der Waals surface area contributed by atoms with Gasteiger partial charge in [0.15, 0.2) is 0 Å². The first kappa shape index (κ1) is 15.0. The molecule has 10 rings (SSSR count). The minimum Gasteiger partial charge on any atom is -0.299 e. The molecule has 0 aromatic heterocycles. The quantitative estimate of drug-likeness (QED) is 0.549. The average molecular weight is 367 g/mol. The van der Waals surface area contributed by atoms with E-state index >= 15 is 0 Å². The Bertz CT molecular complexity index is 1140. The first-order valence-corrected chi connectivity index (χ1v) is 11.5. The molecule has 2 saturated carbocycles. The number of hydrogen-bond acceptors (Lipinski definition) is 1. The Kier molecular flexibility index (Phi) is 2.40. The number of ketones is 1. The van der Waals surface area contributed by atoms with Crippen molar-refractivity contribution in [3.8, 4) is 0 Å². The number of allylic oxidation sites excluding steroid dienone is 2. The molecule has 28 heavy (non-hydrogen) atoms. The molecule has 0 amide bonds. The number of carbonyl (C=O) groups excluding carboxylic acids is 1. The molecule has 0 heterocycles. The van der Waals surface area contributed by atoms with Gasteiger partial charge in [-0.1, -0.05) is 41.5 Å². The van der Waals surface area contributed by atoms with Gasteiger partial charge in [-0.25, -0.2) is 0 Å². The monoisotopic (exact) mass is 366 g/mol. The molecule has 140 valence electrons. The van der Waals surface area contributed by atoms with Crippen LogP contribution in [0.5, 0.6) is 0 Å². The Morgan fingerprint density at radius 1 is 0.821 bits per heavy atom. The van der Waals surface area contributed by atoms with Gasteiger partial charge in [0.25, 0.3) is 0 Å². The van der Waals surface area contributed by atoms with Crippen LogP contribution in [0.2, 0.25) is 0 Å². The summed E-state index contributed by atoms with van der Waals surface area (Å²) in [6.07, 6.45) is 11.0. The van der Waals surface area contributed by atoms with E-state index < -0.39 is 0 Å². The minimum atomic E-state index is 0.220. The van der Waals surface area contributed by atoms with Crippen molar-refractivity contribution in [3.63, 3.8) is 0 Å². The van der Waals surface area contributed by atoms with Gasteiger partial charge in [-0.2, -0.15) is 0 Å². The van der Waals surface area contributed by atoms with Gasteiger partial charge in [0.1, 0.15) is 5.78 Å². The Morgan fingerprint density at radius 2 is 1.64 bits per heavy atom. The fourth-order valence-corrected chi connectivity index (χ4v) is 9.14. The molecule has 0 N–H and O–H groups in total. The molecular weight excluding hydrogens is 340 g/mol. The average Bonchev–Trinajstić information content (AvgIpc) is 3.32. The van der Waals surface area contributed by atoms with Crippen molar-refractivity contribution in [1.82, 2.24) is 0 Å². The van der Waals surface area contributed by atoms with E-state index in [0.29, 0.717) is 12.2 Å². The summed E-state index contributed by atoms with van der Waals surface area (Å²) in [5.74, 6) is 2.35. The van der Waals surface area contributed by atoms with Crippen LogP contribution in [-0.4, -0.2) is 5.78 Å². The molecule has 0 saturated heterocycles. The molecule has 0 aliphatic heterocycles. The highest BCUT2D eigenvalue weighted by Gasteiger charge is 2.64. The third-order valence-corrected chi connectivity index (χ3v) is 10.1. The summed E-state index contributed by atoms with van der Waals surface area (Å²) in [5.41, 5.74) is 8.57. The van der Waals surface area contributed by atoms with E-state index in [-0.39, 0.29) is 16.7 Å². The number of Topliss-reactive ketones (excluding diaryl/α,β-unsaturated/α-hetero) is 1. The summed E-state index contributed by atoms with van der Waals surface area (Å²) in [7, 11) is 0. The molecule has 12 bridgehead atoms. The van der Waals surface area contributed by atoms with Gasteiger partial charge in [-0.05, 0) is 90.7 Å². The SMILES string of the molecule is O=C1Cc2cc3cc4ccc3cc2CC1C12CCC(C1)C1=C2C2CCC14CC2. The zero-order chi connectivity index (χ0) is 18.3. The molecule has 0 radical (unpaired) electrons. The van der Waals surface area contributed by atoms with E-state index in [1.165, 1.54) is 66.8 Å². The van der Waals surface area contributed by atoms with E-state index in [1.807, 2.05) is 11.1 Å². The molecule has 3 unspecified atom stereocenters. The number of carbonyl (C=O) groups is 1. The van der Waals surface area contributed by atoms with Gasteiger partial charge in [-0.15, -0.1) is 0 Å². The Labute approximate surface area is 166 Å². The maximum atomic E-state index is 13.5. The fraction of sp³-hybridized carbons (Fsp3) is 0.519. The summed E-state index contributed by atoms with van der Waals surface area (Å²) < 4.78 is 0. The number of benzene rings is 2. The third-order valence-electron chi connectivity index (χ3n) is 10.1. The summed E-state index contributed by atoms with van der Waals surface area (Å²) in [5, 5.41) is 2.74. The van der Waals surface area contributed by atoms with Crippen LogP contribution < -0.4 is 0 Å². The lowest BCUT2D eigenvalue weighted by Crippen LogP contribution is -2.47. The second kappa shape index (κ2) is 4.48. The highest BCUT2D eigenvalue weighted by atomic mass is 16.1. The zero-order valence-corrected chi connectivity index (χ0v) is 16.4. The molecule has 2 aromatic rings. The largest absolute Gasteiger partial charge is 0.299 e. The summed E-state index contributed by atoms with van der Waals surface area (Å²) in [6.45, 7) is 0. The lowest BCUT2D eigenvalue weighted by molar-refractivity contribution is -0.126. The first-order chi connectivity index (χ1) is 13.7. The highest BCUT2D eigenvalue weighted by molar-refractivity contribution is 5.92. The lowest BCUT2D eigenvalue weighted by atomic mass is 9.49. The van der Waals surface area contributed by atoms with E-state index in [9.17, 15) is 4.79 Å².